The summed E-state index contributed by atoms with van der Waals surface area (Å²) in [6.07, 6.45) is -0.112. The second kappa shape index (κ2) is 9.04. The molecular weight excluding hydrogens is 388 g/mol. The maximum absolute atomic E-state index is 11.9. The molecule has 0 unspecified atom stereocenters. The largest absolute Gasteiger partial charge is 0.461 e. The smallest absolute Gasteiger partial charge is 0.367 e. The zero-order valence-electron chi connectivity index (χ0n) is 13.3. The number of aromatic nitrogens is 1. The number of nitrogens with zero attached hydrogens (tertiary/aromatic N) is 1. The van der Waals surface area contributed by atoms with E-state index in [1.165, 1.54) is 6.07 Å². The van der Waals surface area contributed by atoms with E-state index >= 15 is 0 Å². The van der Waals surface area contributed by atoms with Gasteiger partial charge in [0.15, 0.2) is 0 Å². The maximum atomic E-state index is 11.9. The number of thiophene rings is 1. The highest BCUT2D eigenvalue weighted by Gasteiger charge is 2.16. The van der Waals surface area contributed by atoms with Gasteiger partial charge in [0, 0.05) is 11.9 Å². The van der Waals surface area contributed by atoms with E-state index in [9.17, 15) is 18.0 Å². The maximum Gasteiger partial charge on any atom is 0.367 e. The van der Waals surface area contributed by atoms with Crippen molar-refractivity contribution in [2.75, 3.05) is 13.2 Å². The zero-order chi connectivity index (χ0) is 18.3. The molecule has 0 saturated carbocycles. The molecule has 2 rings (SSSR count). The number of hydrogen-bond acceptors (Lipinski definition) is 9. The summed E-state index contributed by atoms with van der Waals surface area (Å²) in [7, 11) is -3.59. The minimum absolute atomic E-state index is 0.0653. The molecule has 0 amide bonds. The molecule has 0 aromatic carbocycles. The number of ether oxygens (including phenoxy) is 2. The lowest BCUT2D eigenvalue weighted by molar-refractivity contribution is -0.144. The number of nitrogens with one attached hydrogen (secondary N) is 1. The Bertz CT molecular complexity index is 814. The lowest BCUT2D eigenvalue weighted by Crippen LogP contribution is -2.26. The first-order valence-electron chi connectivity index (χ1n) is 7.22. The van der Waals surface area contributed by atoms with Crippen LogP contribution in [-0.4, -0.2) is 38.5 Å². The van der Waals surface area contributed by atoms with Crippen LogP contribution in [0.3, 0.4) is 0 Å². The van der Waals surface area contributed by atoms with Crippen LogP contribution in [0, 0.1) is 0 Å². The second-order valence-corrected chi connectivity index (χ2v) is 8.40. The Morgan fingerprint density at radius 1 is 1.28 bits per heavy atom. The van der Waals surface area contributed by atoms with E-state index in [1.807, 2.05) is 0 Å². The summed E-state index contributed by atoms with van der Waals surface area (Å²) in [6.45, 7) is 1.79. The number of carbonyl (C=O) groups is 2. The van der Waals surface area contributed by atoms with Crippen LogP contribution in [0.25, 0.3) is 0 Å². The van der Waals surface area contributed by atoms with Crippen LogP contribution in [0.1, 0.15) is 28.8 Å². The quantitative estimate of drug-likeness (QED) is 0.634. The number of thiazole rings is 1. The SMILES string of the molecule is CCOC(=O)c1nc(COC(=O)CCNS(=O)(=O)c2cccs2)cs1. The van der Waals surface area contributed by atoms with Crippen molar-refractivity contribution in [1.82, 2.24) is 9.71 Å². The molecule has 0 bridgehead atoms. The van der Waals surface area contributed by atoms with Gasteiger partial charge in [-0.15, -0.1) is 22.7 Å². The molecular formula is C14H16N2O6S3. The van der Waals surface area contributed by atoms with Crippen LogP contribution >= 0.6 is 22.7 Å². The van der Waals surface area contributed by atoms with Gasteiger partial charge in [-0.25, -0.2) is 22.9 Å². The number of rotatable bonds is 9. The molecule has 0 fully saturated rings. The molecule has 0 aliphatic rings. The fraction of sp³-hybridized carbons (Fsp3) is 0.357. The molecule has 2 aromatic rings. The standard InChI is InChI=1S/C14H16N2O6S3/c1-2-21-14(18)13-16-10(9-24-13)8-22-11(17)5-6-15-25(19,20)12-4-3-7-23-12/h3-4,7,9,15H,2,5-6,8H2,1H3. The number of sulfonamides is 1. The molecule has 0 radical (unpaired) electrons. The van der Waals surface area contributed by atoms with Crippen LogP contribution in [0.4, 0.5) is 0 Å². The van der Waals surface area contributed by atoms with Crippen LogP contribution in [0.2, 0.25) is 0 Å². The summed E-state index contributed by atoms with van der Waals surface area (Å²) in [5, 5.41) is 3.44. The average Bonchev–Trinajstić information content (AvgIpc) is 3.25. The molecule has 0 saturated heterocycles. The Morgan fingerprint density at radius 3 is 2.76 bits per heavy atom. The predicted octanol–water partition coefficient (Wildman–Crippen LogP) is 1.79. The van der Waals surface area contributed by atoms with Gasteiger partial charge in [-0.1, -0.05) is 6.07 Å². The monoisotopic (exact) mass is 404 g/mol. The van der Waals surface area contributed by atoms with Crippen molar-refractivity contribution in [1.29, 1.82) is 0 Å². The average molecular weight is 404 g/mol. The summed E-state index contributed by atoms with van der Waals surface area (Å²) in [6, 6.07) is 3.11. The highest BCUT2D eigenvalue weighted by Crippen LogP contribution is 2.15. The van der Waals surface area contributed by atoms with E-state index in [1.54, 1.807) is 23.8 Å². The van der Waals surface area contributed by atoms with E-state index in [4.69, 9.17) is 9.47 Å². The highest BCUT2D eigenvalue weighted by atomic mass is 32.2. The van der Waals surface area contributed by atoms with Gasteiger partial charge >= 0.3 is 11.9 Å². The molecule has 0 aliphatic heterocycles. The van der Waals surface area contributed by atoms with Gasteiger partial charge in [-0.05, 0) is 18.4 Å². The van der Waals surface area contributed by atoms with Crippen LogP contribution < -0.4 is 4.72 Å². The van der Waals surface area contributed by atoms with E-state index in [2.05, 4.69) is 9.71 Å². The van der Waals surface area contributed by atoms with Crippen LogP contribution in [-0.2, 0) is 30.9 Å². The first-order valence-corrected chi connectivity index (χ1v) is 10.5. The second-order valence-electron chi connectivity index (χ2n) is 4.61. The third-order valence-corrected chi connectivity index (χ3v) is 6.49. The number of hydrogen-bond donors (Lipinski definition) is 1. The van der Waals surface area contributed by atoms with Crippen molar-refractivity contribution in [3.8, 4) is 0 Å². The molecule has 1 N–H and O–H groups in total. The molecule has 136 valence electrons. The molecule has 0 atom stereocenters. The van der Waals surface area contributed by atoms with Crippen molar-refractivity contribution >= 4 is 44.6 Å². The Labute approximate surface area is 152 Å². The third-order valence-electron chi connectivity index (χ3n) is 2.76. The normalized spacial score (nSPS) is 11.2. The van der Waals surface area contributed by atoms with Crippen molar-refractivity contribution in [3.63, 3.8) is 0 Å². The van der Waals surface area contributed by atoms with Crippen molar-refractivity contribution < 1.29 is 27.5 Å². The molecule has 11 heteroatoms. The third kappa shape index (κ3) is 5.88. The number of esters is 2. The zero-order valence-corrected chi connectivity index (χ0v) is 15.7. The Hall–Kier alpha value is -1.82. The minimum Gasteiger partial charge on any atom is -0.461 e. The first kappa shape index (κ1) is 19.5. The Kier molecular flexibility index (Phi) is 7.05. The van der Waals surface area contributed by atoms with Crippen molar-refractivity contribution in [3.05, 3.63) is 33.6 Å². The first-order chi connectivity index (χ1) is 11.9. The van der Waals surface area contributed by atoms with Gasteiger partial charge in [0.05, 0.1) is 18.7 Å². The van der Waals surface area contributed by atoms with E-state index in [-0.39, 0.29) is 35.4 Å². The van der Waals surface area contributed by atoms with Gasteiger partial charge in [0.2, 0.25) is 15.0 Å². The summed E-state index contributed by atoms with van der Waals surface area (Å²) in [5.41, 5.74) is 0.431. The summed E-state index contributed by atoms with van der Waals surface area (Å²) < 4.78 is 36.1. The fourth-order valence-electron chi connectivity index (χ4n) is 1.66. The molecule has 8 nitrogen and oxygen atoms in total. The van der Waals surface area contributed by atoms with Crippen LogP contribution in [0.15, 0.2) is 27.1 Å². The predicted molar refractivity (Wildman–Crippen MR) is 92.0 cm³/mol. The summed E-state index contributed by atoms with van der Waals surface area (Å²) in [4.78, 5) is 27.2. The molecule has 2 heterocycles. The lowest BCUT2D eigenvalue weighted by Gasteiger charge is -2.05. The van der Waals surface area contributed by atoms with Crippen LogP contribution in [0.5, 0.6) is 0 Å². The van der Waals surface area contributed by atoms with Gasteiger partial charge in [0.1, 0.15) is 10.8 Å². The van der Waals surface area contributed by atoms with E-state index in [0.717, 1.165) is 22.7 Å². The van der Waals surface area contributed by atoms with Crippen molar-refractivity contribution in [2.24, 2.45) is 0 Å². The summed E-state index contributed by atoms with van der Waals surface area (Å²) in [5.74, 6) is -1.09. The summed E-state index contributed by atoms with van der Waals surface area (Å²) >= 11 is 2.19. The van der Waals surface area contributed by atoms with Gasteiger partial charge in [0.25, 0.3) is 0 Å². The Morgan fingerprint density at radius 2 is 2.08 bits per heavy atom. The highest BCUT2D eigenvalue weighted by molar-refractivity contribution is 7.91. The van der Waals surface area contributed by atoms with Gasteiger partial charge in [-0.2, -0.15) is 0 Å². The van der Waals surface area contributed by atoms with E-state index in [0.29, 0.717) is 5.69 Å². The minimum atomic E-state index is -3.59. The topological polar surface area (TPSA) is 112 Å². The Balaban J connectivity index is 1.73. The number of carbonyl (C=O) groups excluding carboxylic acids is 2. The molecule has 2 aromatic heterocycles. The van der Waals surface area contributed by atoms with Gasteiger partial charge in [-0.3, -0.25) is 4.79 Å². The van der Waals surface area contributed by atoms with E-state index < -0.39 is 22.0 Å². The molecule has 0 spiro atoms. The molecule has 0 aliphatic carbocycles. The molecule has 25 heavy (non-hydrogen) atoms. The van der Waals surface area contributed by atoms with Crippen molar-refractivity contribution in [2.45, 2.75) is 24.2 Å². The lowest BCUT2D eigenvalue weighted by atomic mass is 10.4. The fourth-order valence-corrected chi connectivity index (χ4v) is 4.42. The van der Waals surface area contributed by atoms with Gasteiger partial charge < -0.3 is 9.47 Å².